The minimum Gasteiger partial charge on any atom is -0.444 e. The lowest BCUT2D eigenvalue weighted by Gasteiger charge is -2.46. The normalized spacial score (nSPS) is 23.4. The van der Waals surface area contributed by atoms with E-state index in [-0.39, 0.29) is 24.3 Å². The molecule has 2 aliphatic heterocycles. The molecule has 0 bridgehead atoms. The number of fused-ring (bicyclic) bond motifs is 1. The van der Waals surface area contributed by atoms with Gasteiger partial charge in [0.1, 0.15) is 29.4 Å². The predicted octanol–water partition coefficient (Wildman–Crippen LogP) is 4.97. The summed E-state index contributed by atoms with van der Waals surface area (Å²) in [5.74, 6) is 2.20. The molecule has 0 N–H and O–H groups in total. The first-order chi connectivity index (χ1) is 19.0. The highest BCUT2D eigenvalue weighted by atomic mass is 16.6. The molecule has 2 unspecified atom stereocenters. The molecule has 2 aromatic heterocycles. The number of piperazine rings is 1. The van der Waals surface area contributed by atoms with Crippen LogP contribution in [0.15, 0.2) is 37.3 Å². The number of nitriles is 1. The third kappa shape index (κ3) is 5.48. The maximum absolute atomic E-state index is 13.0. The summed E-state index contributed by atoms with van der Waals surface area (Å²) in [6, 6.07) is 5.38. The van der Waals surface area contributed by atoms with E-state index in [0.717, 1.165) is 23.6 Å². The molecule has 1 amide bonds. The highest BCUT2D eigenvalue weighted by Gasteiger charge is 2.50. The number of ether oxygens (including phenoxy) is 2. The minimum absolute atomic E-state index is 0.104. The molecule has 2 aliphatic rings. The molecular formula is C30H41N7O3. The molecule has 2 aromatic rings. The number of carbonyl (C=O) groups excluding carboxylic acids is 1. The second-order valence-electron chi connectivity index (χ2n) is 11.7. The van der Waals surface area contributed by atoms with Crippen LogP contribution in [-0.2, 0) is 14.9 Å². The van der Waals surface area contributed by atoms with Crippen molar-refractivity contribution in [3.05, 3.63) is 48.4 Å². The Labute approximate surface area is 237 Å². The van der Waals surface area contributed by atoms with E-state index in [1.165, 1.54) is 0 Å². The maximum Gasteiger partial charge on any atom is 0.410 e. The van der Waals surface area contributed by atoms with Gasteiger partial charge in [-0.2, -0.15) is 5.26 Å². The number of aromatic nitrogens is 3. The number of pyridine rings is 1. The van der Waals surface area contributed by atoms with Crippen LogP contribution in [0.3, 0.4) is 0 Å². The second-order valence-corrected chi connectivity index (χ2v) is 11.7. The number of nitrogens with zero attached hydrogens (tertiary/aromatic N) is 7. The molecule has 10 nitrogen and oxygen atoms in total. The van der Waals surface area contributed by atoms with E-state index in [9.17, 15) is 10.1 Å². The van der Waals surface area contributed by atoms with Crippen molar-refractivity contribution in [3.8, 4) is 6.07 Å². The number of amides is 1. The zero-order valence-corrected chi connectivity index (χ0v) is 24.7. The standard InChI is InChI=1S/C30H41N7O3/c1-9-22-17-35(28(38)40-29(5,6)7)20(4)16-36(22)26-25-27(34-19-33-26)37(24-14-21(15-31)12-13-32-24)18-30(25,8)23(10-2)39-11-3/h9,12-14,19-20,22-23H,1,10-11,16-18H2,2-8H3/t20?,22-,23+,30?/m0/s1. The van der Waals surface area contributed by atoms with Gasteiger partial charge in [-0.15, -0.1) is 6.58 Å². The van der Waals surface area contributed by atoms with Crippen LogP contribution in [0.25, 0.3) is 0 Å². The van der Waals surface area contributed by atoms with E-state index in [1.807, 2.05) is 40.7 Å². The third-order valence-electron chi connectivity index (χ3n) is 7.67. The van der Waals surface area contributed by atoms with Crippen LogP contribution in [0.5, 0.6) is 0 Å². The van der Waals surface area contributed by atoms with Crippen LogP contribution < -0.4 is 9.80 Å². The van der Waals surface area contributed by atoms with Crippen molar-refractivity contribution < 1.29 is 14.3 Å². The van der Waals surface area contributed by atoms with Crippen LogP contribution in [0.4, 0.5) is 22.2 Å². The summed E-state index contributed by atoms with van der Waals surface area (Å²) in [7, 11) is 0. The average Bonchev–Trinajstić information content (AvgIpc) is 3.24. The number of hydrogen-bond donors (Lipinski definition) is 0. The van der Waals surface area contributed by atoms with Crippen LogP contribution in [0.2, 0.25) is 0 Å². The molecule has 10 heteroatoms. The van der Waals surface area contributed by atoms with Crippen molar-refractivity contribution >= 4 is 23.5 Å². The zero-order chi connectivity index (χ0) is 29.2. The fourth-order valence-corrected chi connectivity index (χ4v) is 5.84. The number of hydrogen-bond acceptors (Lipinski definition) is 9. The van der Waals surface area contributed by atoms with Crippen molar-refractivity contribution in [2.75, 3.05) is 36.0 Å². The Morgan fingerprint density at radius 3 is 2.62 bits per heavy atom. The fourth-order valence-electron chi connectivity index (χ4n) is 5.84. The van der Waals surface area contributed by atoms with Crippen molar-refractivity contribution in [1.29, 1.82) is 5.26 Å². The SMILES string of the molecule is C=C[C@H]1CN(C(=O)OC(C)(C)C)C(C)CN1c1ncnc2c1C(C)([C@@H](CC)OCC)CN2c1cc(C#N)ccn1. The zero-order valence-electron chi connectivity index (χ0n) is 24.7. The van der Waals surface area contributed by atoms with Gasteiger partial charge in [0.25, 0.3) is 0 Å². The van der Waals surface area contributed by atoms with E-state index < -0.39 is 11.0 Å². The molecular weight excluding hydrogens is 506 g/mol. The highest BCUT2D eigenvalue weighted by molar-refractivity contribution is 5.75. The summed E-state index contributed by atoms with van der Waals surface area (Å²) < 4.78 is 12.0. The van der Waals surface area contributed by atoms with E-state index >= 15 is 0 Å². The van der Waals surface area contributed by atoms with E-state index in [2.05, 4.69) is 41.3 Å². The molecule has 1 saturated heterocycles. The molecule has 4 rings (SSSR count). The lowest BCUT2D eigenvalue weighted by atomic mass is 9.78. The largest absolute Gasteiger partial charge is 0.444 e. The van der Waals surface area contributed by atoms with Gasteiger partial charge in [-0.05, 0) is 53.2 Å². The highest BCUT2D eigenvalue weighted by Crippen LogP contribution is 2.50. The molecule has 1 fully saturated rings. The van der Waals surface area contributed by atoms with Crippen molar-refractivity contribution in [3.63, 3.8) is 0 Å². The van der Waals surface area contributed by atoms with Gasteiger partial charge in [0.05, 0.1) is 23.8 Å². The predicted molar refractivity (Wildman–Crippen MR) is 155 cm³/mol. The van der Waals surface area contributed by atoms with Gasteiger partial charge in [-0.3, -0.25) is 0 Å². The van der Waals surface area contributed by atoms with Crippen LogP contribution in [0, 0.1) is 11.3 Å². The first kappa shape index (κ1) is 29.3. The van der Waals surface area contributed by atoms with Crippen LogP contribution in [-0.4, -0.2) is 76.0 Å². The van der Waals surface area contributed by atoms with Crippen LogP contribution in [0.1, 0.15) is 66.0 Å². The van der Waals surface area contributed by atoms with Gasteiger partial charge >= 0.3 is 6.09 Å². The van der Waals surface area contributed by atoms with Gasteiger partial charge in [-0.1, -0.05) is 19.9 Å². The van der Waals surface area contributed by atoms with Crippen LogP contribution >= 0.6 is 0 Å². The molecule has 0 radical (unpaired) electrons. The molecule has 0 aromatic carbocycles. The Bertz CT molecular complexity index is 1290. The van der Waals surface area contributed by atoms with Crippen molar-refractivity contribution in [1.82, 2.24) is 19.9 Å². The first-order valence-electron chi connectivity index (χ1n) is 14.0. The van der Waals surface area contributed by atoms with Gasteiger partial charge < -0.3 is 24.2 Å². The quantitative estimate of drug-likeness (QED) is 0.444. The second kappa shape index (κ2) is 11.4. The first-order valence-corrected chi connectivity index (χ1v) is 14.0. The summed E-state index contributed by atoms with van der Waals surface area (Å²) in [5, 5.41) is 9.52. The van der Waals surface area contributed by atoms with E-state index in [4.69, 9.17) is 19.4 Å². The fraction of sp³-hybridized carbons (Fsp3) is 0.567. The Morgan fingerprint density at radius 2 is 2.00 bits per heavy atom. The monoisotopic (exact) mass is 547 g/mol. The smallest absolute Gasteiger partial charge is 0.410 e. The van der Waals surface area contributed by atoms with Gasteiger partial charge in [-0.25, -0.2) is 19.7 Å². The Hall–Kier alpha value is -3.71. The lowest BCUT2D eigenvalue weighted by Crippen LogP contribution is -2.59. The molecule has 0 spiro atoms. The summed E-state index contributed by atoms with van der Waals surface area (Å²) >= 11 is 0. The molecule has 4 heterocycles. The lowest BCUT2D eigenvalue weighted by molar-refractivity contribution is 0.0108. The minimum atomic E-state index is -0.582. The third-order valence-corrected chi connectivity index (χ3v) is 7.67. The van der Waals surface area contributed by atoms with Crippen molar-refractivity contribution in [2.24, 2.45) is 0 Å². The summed E-state index contributed by atoms with van der Waals surface area (Å²) in [6.07, 6.45) is 5.45. The molecule has 4 atom stereocenters. The summed E-state index contributed by atoms with van der Waals surface area (Å²) in [6.45, 7) is 20.2. The van der Waals surface area contributed by atoms with E-state index in [1.54, 1.807) is 29.6 Å². The maximum atomic E-state index is 13.0. The molecule has 214 valence electrons. The van der Waals surface area contributed by atoms with Gasteiger partial charge in [0, 0.05) is 49.5 Å². The summed E-state index contributed by atoms with van der Waals surface area (Å²) in [4.78, 5) is 33.3. The Morgan fingerprint density at radius 1 is 1.27 bits per heavy atom. The topological polar surface area (TPSA) is 108 Å². The molecule has 40 heavy (non-hydrogen) atoms. The Kier molecular flexibility index (Phi) is 8.36. The number of anilines is 3. The average molecular weight is 548 g/mol. The molecule has 0 aliphatic carbocycles. The number of carbonyl (C=O) groups is 1. The van der Waals surface area contributed by atoms with Crippen molar-refractivity contribution in [2.45, 2.75) is 84.1 Å². The van der Waals surface area contributed by atoms with Gasteiger partial charge in [0.2, 0.25) is 0 Å². The Balaban J connectivity index is 1.81. The van der Waals surface area contributed by atoms with E-state index in [0.29, 0.717) is 37.6 Å². The van der Waals surface area contributed by atoms with Gasteiger partial charge in [0.15, 0.2) is 0 Å². The number of rotatable bonds is 7. The molecule has 0 saturated carbocycles. The summed E-state index contributed by atoms with van der Waals surface area (Å²) in [5.41, 5.74) is 0.453.